The Balaban J connectivity index is 1.17. The number of nitrogens with zero attached hydrogens (tertiary/aromatic N) is 1. The number of hydrogen-bond donors (Lipinski definition) is 2. The number of benzene rings is 2. The predicted octanol–water partition coefficient (Wildman–Crippen LogP) is 5.44. The van der Waals surface area contributed by atoms with Crippen molar-refractivity contribution in [2.24, 2.45) is 5.92 Å². The lowest BCUT2D eigenvalue weighted by Gasteiger charge is -2.38. The molecule has 3 aromatic rings. The van der Waals surface area contributed by atoms with Crippen LogP contribution in [0.15, 0.2) is 48.5 Å². The van der Waals surface area contributed by atoms with Crippen LogP contribution in [0.25, 0.3) is 10.9 Å². The molecule has 1 aromatic heterocycles. The van der Waals surface area contributed by atoms with E-state index in [1.165, 1.54) is 24.8 Å². The molecule has 2 atom stereocenters. The molecule has 0 unspecified atom stereocenters. The first-order chi connectivity index (χ1) is 16.1. The predicted molar refractivity (Wildman–Crippen MR) is 133 cm³/mol. The second kappa shape index (κ2) is 9.78. The monoisotopic (exact) mass is 465 g/mol. The van der Waals surface area contributed by atoms with Crippen LogP contribution in [-0.4, -0.2) is 48.1 Å². The first-order valence-electron chi connectivity index (χ1n) is 12.0. The molecular formula is C27H32ClN3O2. The molecule has 2 aromatic carbocycles. The van der Waals surface area contributed by atoms with Crippen molar-refractivity contribution in [2.75, 3.05) is 20.2 Å². The molecule has 2 heterocycles. The van der Waals surface area contributed by atoms with Gasteiger partial charge in [-0.3, -0.25) is 9.69 Å². The number of methoxy groups -OCH3 is 1. The third kappa shape index (κ3) is 5.04. The highest BCUT2D eigenvalue weighted by Gasteiger charge is 2.35. The molecule has 0 bridgehead atoms. The average Bonchev–Trinajstić information content (AvgIpc) is 3.47. The molecule has 2 aliphatic rings. The summed E-state index contributed by atoms with van der Waals surface area (Å²) in [5.74, 6) is 1.50. The summed E-state index contributed by atoms with van der Waals surface area (Å²) in [6.07, 6.45) is 6.93. The van der Waals surface area contributed by atoms with Gasteiger partial charge in [0, 0.05) is 28.0 Å². The van der Waals surface area contributed by atoms with Gasteiger partial charge in [0.1, 0.15) is 11.4 Å². The number of amides is 1. The summed E-state index contributed by atoms with van der Waals surface area (Å²) in [5.41, 5.74) is 2.94. The molecule has 0 radical (unpaired) electrons. The molecule has 33 heavy (non-hydrogen) atoms. The van der Waals surface area contributed by atoms with Crippen molar-refractivity contribution in [3.63, 3.8) is 0 Å². The fourth-order valence-corrected chi connectivity index (χ4v) is 5.72. The lowest BCUT2D eigenvalue weighted by Crippen LogP contribution is -2.51. The molecule has 1 saturated carbocycles. The van der Waals surface area contributed by atoms with E-state index in [0.29, 0.717) is 11.7 Å². The van der Waals surface area contributed by atoms with Crippen LogP contribution in [0.5, 0.6) is 5.75 Å². The number of halogens is 1. The highest BCUT2D eigenvalue weighted by atomic mass is 35.5. The number of hydrogen-bond acceptors (Lipinski definition) is 3. The Morgan fingerprint density at radius 3 is 2.64 bits per heavy atom. The number of aromatic amines is 1. The number of aromatic nitrogens is 1. The van der Waals surface area contributed by atoms with Crippen molar-refractivity contribution in [2.45, 2.75) is 50.6 Å². The minimum absolute atomic E-state index is 0.0142. The molecule has 1 aliphatic carbocycles. The number of piperidine rings is 1. The smallest absolute Gasteiger partial charge is 0.268 e. The zero-order valence-electron chi connectivity index (χ0n) is 19.1. The summed E-state index contributed by atoms with van der Waals surface area (Å²) in [5, 5.41) is 5.12. The third-order valence-electron chi connectivity index (χ3n) is 7.42. The minimum Gasteiger partial charge on any atom is -0.497 e. The molecule has 2 N–H and O–H groups in total. The van der Waals surface area contributed by atoms with E-state index < -0.39 is 0 Å². The Morgan fingerprint density at radius 1 is 1.09 bits per heavy atom. The Bertz CT molecular complexity index is 1100. The van der Waals surface area contributed by atoms with Crippen molar-refractivity contribution in [1.82, 2.24) is 15.2 Å². The van der Waals surface area contributed by atoms with Gasteiger partial charge in [-0.2, -0.15) is 0 Å². The van der Waals surface area contributed by atoms with Gasteiger partial charge in [0.25, 0.3) is 5.91 Å². The maximum absolute atomic E-state index is 13.0. The van der Waals surface area contributed by atoms with E-state index in [-0.39, 0.29) is 11.9 Å². The van der Waals surface area contributed by atoms with Gasteiger partial charge in [-0.25, -0.2) is 0 Å². The molecule has 1 amide bonds. The second-order valence-corrected chi connectivity index (χ2v) is 9.96. The van der Waals surface area contributed by atoms with Crippen molar-refractivity contribution in [3.05, 3.63) is 64.8 Å². The zero-order valence-corrected chi connectivity index (χ0v) is 19.9. The molecule has 0 spiro atoms. The van der Waals surface area contributed by atoms with Crippen LogP contribution in [-0.2, 0) is 6.42 Å². The molecule has 6 heteroatoms. The Labute approximate surface area is 200 Å². The quantitative estimate of drug-likeness (QED) is 0.510. The molecule has 5 nitrogen and oxygen atoms in total. The summed E-state index contributed by atoms with van der Waals surface area (Å²) < 4.78 is 5.30. The summed E-state index contributed by atoms with van der Waals surface area (Å²) in [7, 11) is 1.65. The van der Waals surface area contributed by atoms with Gasteiger partial charge in [-0.15, -0.1) is 0 Å². The van der Waals surface area contributed by atoms with E-state index >= 15 is 0 Å². The van der Waals surface area contributed by atoms with Gasteiger partial charge in [0.15, 0.2) is 0 Å². The summed E-state index contributed by atoms with van der Waals surface area (Å²) in [6, 6.07) is 16.7. The molecule has 2 fully saturated rings. The zero-order chi connectivity index (χ0) is 22.8. The van der Waals surface area contributed by atoms with Crippen LogP contribution in [0.1, 0.15) is 48.2 Å². The molecular weight excluding hydrogens is 434 g/mol. The number of fused-ring (bicyclic) bond motifs is 1. The highest BCUT2D eigenvalue weighted by Crippen LogP contribution is 2.30. The third-order valence-corrected chi connectivity index (χ3v) is 7.68. The van der Waals surface area contributed by atoms with Gasteiger partial charge >= 0.3 is 0 Å². The molecule has 1 saturated heterocycles. The standard InChI is InChI=1S/C27H32ClN3O2/c1-33-22-9-10-23-20(16-22)17-25(29-23)27(32)30-24-3-2-4-26(24)31-13-11-19(12-14-31)15-18-5-7-21(28)8-6-18/h5-10,16-17,19,24,26,29H,2-4,11-15H2,1H3,(H,30,32)/t24-,26-/m1/s1. The van der Waals surface area contributed by atoms with E-state index in [0.717, 1.165) is 59.9 Å². The van der Waals surface area contributed by atoms with E-state index in [9.17, 15) is 4.79 Å². The second-order valence-electron chi connectivity index (χ2n) is 9.52. The van der Waals surface area contributed by atoms with Crippen LogP contribution in [0.3, 0.4) is 0 Å². The first-order valence-corrected chi connectivity index (χ1v) is 12.4. The van der Waals surface area contributed by atoms with Crippen molar-refractivity contribution < 1.29 is 9.53 Å². The number of carbonyl (C=O) groups excluding carboxylic acids is 1. The number of likely N-dealkylation sites (tertiary alicyclic amines) is 1. The minimum atomic E-state index is -0.0142. The lowest BCUT2D eigenvalue weighted by molar-refractivity contribution is 0.0858. The topological polar surface area (TPSA) is 57.4 Å². The van der Waals surface area contributed by atoms with E-state index in [2.05, 4.69) is 27.3 Å². The molecule has 5 rings (SSSR count). The number of H-pyrrole nitrogens is 1. The number of nitrogens with one attached hydrogen (secondary N) is 2. The Morgan fingerprint density at radius 2 is 1.88 bits per heavy atom. The fourth-order valence-electron chi connectivity index (χ4n) is 5.59. The van der Waals surface area contributed by atoms with Crippen LogP contribution in [0.2, 0.25) is 5.02 Å². The maximum atomic E-state index is 13.0. The van der Waals surface area contributed by atoms with E-state index in [4.69, 9.17) is 16.3 Å². The van der Waals surface area contributed by atoms with Gasteiger partial charge < -0.3 is 15.0 Å². The Hall–Kier alpha value is -2.50. The van der Waals surface area contributed by atoms with Gasteiger partial charge in [0.05, 0.1) is 7.11 Å². The molecule has 174 valence electrons. The Kier molecular flexibility index (Phi) is 6.61. The SMILES string of the molecule is COc1ccc2[nH]c(C(=O)N[C@@H]3CCC[C@H]3N3CCC(Cc4ccc(Cl)cc4)CC3)cc2c1. The van der Waals surface area contributed by atoms with Gasteiger partial charge in [-0.05, 0) is 99.5 Å². The lowest BCUT2D eigenvalue weighted by atomic mass is 9.89. The van der Waals surface area contributed by atoms with Crippen LogP contribution in [0.4, 0.5) is 0 Å². The maximum Gasteiger partial charge on any atom is 0.268 e. The highest BCUT2D eigenvalue weighted by molar-refractivity contribution is 6.30. The largest absolute Gasteiger partial charge is 0.497 e. The van der Waals surface area contributed by atoms with Crippen molar-refractivity contribution in [1.29, 1.82) is 0 Å². The number of ether oxygens (including phenoxy) is 1. The van der Waals surface area contributed by atoms with Gasteiger partial charge in [-0.1, -0.05) is 23.7 Å². The van der Waals surface area contributed by atoms with Crippen LogP contribution >= 0.6 is 11.6 Å². The van der Waals surface area contributed by atoms with Gasteiger partial charge in [0.2, 0.25) is 0 Å². The summed E-state index contributed by atoms with van der Waals surface area (Å²) >= 11 is 6.02. The van der Waals surface area contributed by atoms with E-state index in [1.54, 1.807) is 7.11 Å². The average molecular weight is 466 g/mol. The first kappa shape index (κ1) is 22.3. The van der Waals surface area contributed by atoms with Crippen molar-refractivity contribution in [3.8, 4) is 5.75 Å². The van der Waals surface area contributed by atoms with Crippen LogP contribution in [0, 0.1) is 5.92 Å². The summed E-state index contributed by atoms with van der Waals surface area (Å²) in [4.78, 5) is 18.9. The van der Waals surface area contributed by atoms with Crippen molar-refractivity contribution >= 4 is 28.4 Å². The van der Waals surface area contributed by atoms with E-state index in [1.807, 2.05) is 36.4 Å². The normalized spacial score (nSPS) is 22.0. The number of rotatable bonds is 6. The fraction of sp³-hybridized carbons (Fsp3) is 0.444. The van der Waals surface area contributed by atoms with Crippen LogP contribution < -0.4 is 10.1 Å². The summed E-state index contributed by atoms with van der Waals surface area (Å²) in [6.45, 7) is 2.23. The number of carbonyl (C=O) groups is 1. The molecule has 1 aliphatic heterocycles.